The topological polar surface area (TPSA) is 155 Å². The number of alkyl carbamates (subject to hydrolysis) is 1. The number of ether oxygens (including phenoxy) is 3. The monoisotopic (exact) mass is 1350 g/mol. The molecule has 1 fully saturated rings. The number of hydrogen-bond donors (Lipinski definition) is 1. The molecule has 3 aromatic carbocycles. The molecule has 68 heavy (non-hydrogen) atoms. The minimum Gasteiger partial charge on any atom is -1.00 e. The van der Waals surface area contributed by atoms with Gasteiger partial charge < -0.3 is 46.3 Å². The fraction of sp³-hybridized carbons (Fsp3) is 0.457. The van der Waals surface area contributed by atoms with Crippen LogP contribution >= 0.6 is 43.5 Å². The van der Waals surface area contributed by atoms with Gasteiger partial charge in [-0.3, -0.25) is 9.59 Å². The van der Waals surface area contributed by atoms with Crippen LogP contribution in [-0.4, -0.2) is 56.2 Å². The largest absolute Gasteiger partial charge is 1.00 e. The number of esters is 1. The van der Waals surface area contributed by atoms with Gasteiger partial charge in [0.2, 0.25) is 5.76 Å². The number of alkyl halides is 5. The predicted octanol–water partition coefficient (Wildman–Crippen LogP) is 1.27. The second-order valence-electron chi connectivity index (χ2n) is 16.9. The van der Waals surface area contributed by atoms with Crippen LogP contribution in [0.5, 0.6) is 0 Å². The summed E-state index contributed by atoms with van der Waals surface area (Å²) in [6, 6.07) is 24.0. The number of carbonyl (C=O) groups is 3. The van der Waals surface area contributed by atoms with Crippen molar-refractivity contribution in [3.63, 3.8) is 0 Å². The molecular weight excluding hydrogens is 1290 g/mol. The van der Waals surface area contributed by atoms with Crippen molar-refractivity contribution in [1.29, 1.82) is 0 Å². The average Bonchev–Trinajstić information content (AvgIpc) is 3.84. The molecule has 4 aromatic rings. The van der Waals surface area contributed by atoms with Gasteiger partial charge in [0.15, 0.2) is 0 Å². The van der Waals surface area contributed by atoms with Gasteiger partial charge in [-0.05, 0) is 126 Å². The quantitative estimate of drug-likeness (QED) is 0.0679. The van der Waals surface area contributed by atoms with Gasteiger partial charge in [-0.1, -0.05) is 86.5 Å². The van der Waals surface area contributed by atoms with Crippen LogP contribution in [0.2, 0.25) is 0 Å². The third-order valence-corrected chi connectivity index (χ3v) is 11.3. The molecule has 0 saturated carbocycles. The Morgan fingerprint density at radius 1 is 0.941 bits per heavy atom. The van der Waals surface area contributed by atoms with Crippen LogP contribution in [0.4, 0.5) is 18.0 Å². The minimum absolute atomic E-state index is 0. The smallest absolute Gasteiger partial charge is 1.00 e. The van der Waals surface area contributed by atoms with Gasteiger partial charge in [0.25, 0.3) is 6.47 Å². The van der Waals surface area contributed by atoms with E-state index in [4.69, 9.17) is 45.2 Å². The van der Waals surface area contributed by atoms with E-state index >= 15 is 0 Å². The van der Waals surface area contributed by atoms with Crippen molar-refractivity contribution in [1.82, 2.24) is 5.32 Å². The van der Waals surface area contributed by atoms with E-state index in [0.717, 1.165) is 46.8 Å². The van der Waals surface area contributed by atoms with E-state index in [2.05, 4.69) is 58.6 Å². The maximum absolute atomic E-state index is 11.8. The van der Waals surface area contributed by atoms with Crippen molar-refractivity contribution < 1.29 is 236 Å². The maximum Gasteiger partial charge on any atom is 1.00 e. The summed E-state index contributed by atoms with van der Waals surface area (Å²) in [5.74, 6) is -0.289. The first-order valence-corrected chi connectivity index (χ1v) is 22.6. The summed E-state index contributed by atoms with van der Waals surface area (Å²) >= 11 is 12.2. The Labute approximate surface area is 563 Å². The molecule has 0 atom stereocenters. The van der Waals surface area contributed by atoms with Crippen molar-refractivity contribution in [2.24, 2.45) is 0 Å². The van der Waals surface area contributed by atoms with Gasteiger partial charge in [-0.25, -0.2) is 4.79 Å². The van der Waals surface area contributed by atoms with Crippen LogP contribution in [0.3, 0.4) is 0 Å². The fourth-order valence-electron chi connectivity index (χ4n) is 5.74. The van der Waals surface area contributed by atoms with Gasteiger partial charge in [0, 0.05) is 16.9 Å². The molecule has 3 heterocycles. The predicted molar refractivity (Wildman–Crippen MR) is 249 cm³/mol. The number of amides is 1. The van der Waals surface area contributed by atoms with E-state index in [-0.39, 0.29) is 207 Å². The molecule has 362 valence electrons. The zero-order valence-electron chi connectivity index (χ0n) is 43.2. The molecule has 1 aromatic heterocycles. The average molecular weight is 1350 g/mol. The van der Waals surface area contributed by atoms with E-state index in [1.165, 1.54) is 29.9 Å². The first kappa shape index (κ1) is 71.3. The molecule has 1 amide bonds. The Hall–Kier alpha value is 1.20. The first-order chi connectivity index (χ1) is 30.2. The molecule has 12 nitrogen and oxygen atoms in total. The number of rotatable bonds is 8. The fourth-order valence-corrected chi connectivity index (χ4v) is 6.69. The van der Waals surface area contributed by atoms with Crippen molar-refractivity contribution >= 4 is 74.6 Å². The van der Waals surface area contributed by atoms with E-state index in [9.17, 15) is 22.8 Å². The zero-order chi connectivity index (χ0) is 49.2. The number of hydrogen-bond acceptors (Lipinski definition) is 11. The number of benzene rings is 3. The molecule has 0 bridgehead atoms. The molecule has 1 saturated heterocycles. The number of furan rings is 1. The molecule has 0 unspecified atom stereocenters. The van der Waals surface area contributed by atoms with Crippen LogP contribution in [0.25, 0.3) is 0 Å². The molecular formula is C46H59BBr2ClCs2F3NNaO11. The third-order valence-electron chi connectivity index (χ3n) is 9.96. The van der Waals surface area contributed by atoms with Crippen molar-refractivity contribution in [2.75, 3.05) is 13.7 Å². The van der Waals surface area contributed by atoms with Crippen molar-refractivity contribution in [2.45, 2.75) is 121 Å². The summed E-state index contributed by atoms with van der Waals surface area (Å²) in [5, 5.41) is 11.5. The number of nitrogens with one attached hydrogen (secondary N) is 1. The summed E-state index contributed by atoms with van der Waals surface area (Å²) < 4.78 is 68.3. The molecule has 0 spiro atoms. The van der Waals surface area contributed by atoms with E-state index in [0.29, 0.717) is 17.8 Å². The summed E-state index contributed by atoms with van der Waals surface area (Å²) in [6.07, 6.45) is -3.78. The van der Waals surface area contributed by atoms with Crippen LogP contribution < -0.4 is 183 Å². The molecule has 2 aliphatic heterocycles. The molecule has 6 rings (SSSR count). The van der Waals surface area contributed by atoms with Crippen LogP contribution in [0, 0.1) is 0 Å². The van der Waals surface area contributed by atoms with E-state index in [1.54, 1.807) is 0 Å². The standard InChI is InChI=1S/C18H28BNO4.C11H13BrO2.C10H11ClO.C6H4BrF3O.CH2O3.2Cs.Na.2H/c1-16(2,3)22-15(21)20-12-13-8-10-14(11-9-13)19-23-17(4,5)18(6,7)24-19;1-11(2,10(13)14-3)8-5-4-6-9(12)7-8;11-6-8-2-1-3-9-7-12-5-4-10(8)9;7-3-4-1-2-5(11-4)6(8,9)10;2-1-4-3;;;;;/h8-11H,12H2,1-7H3,(H,20,21);4-7H,1-3H3;1-3H,4-7H2;1-2H,3H2;1,3H;;;;;/q;;;;;3*+1;2*-1/p-1. The van der Waals surface area contributed by atoms with Crippen LogP contribution in [-0.2, 0) is 80.4 Å². The van der Waals surface area contributed by atoms with E-state index < -0.39 is 29.0 Å². The Balaban J connectivity index is -0.000000412. The number of fused-ring (bicyclic) bond motifs is 1. The van der Waals surface area contributed by atoms with Gasteiger partial charge in [0.1, 0.15) is 11.4 Å². The number of methoxy groups -OCH3 is 1. The van der Waals surface area contributed by atoms with Gasteiger partial charge in [-0.15, -0.1) is 11.6 Å². The Morgan fingerprint density at radius 3 is 1.97 bits per heavy atom. The van der Waals surface area contributed by atoms with Crippen molar-refractivity contribution in [3.8, 4) is 0 Å². The summed E-state index contributed by atoms with van der Waals surface area (Å²) in [6.45, 7) is 19.2. The third kappa shape index (κ3) is 24.7. The molecule has 22 heteroatoms. The normalized spacial score (nSPS) is 14.1. The first-order valence-electron chi connectivity index (χ1n) is 20.2. The van der Waals surface area contributed by atoms with Gasteiger partial charge >= 0.3 is 193 Å². The molecule has 1 N–H and O–H groups in total. The number of halogens is 6. The maximum atomic E-state index is 11.8. The summed E-state index contributed by atoms with van der Waals surface area (Å²) in [7, 11) is 1.03. The van der Waals surface area contributed by atoms with E-state index in [1.807, 2.05) is 117 Å². The molecule has 0 aliphatic carbocycles. The Kier molecular flexibility index (Phi) is 35.6. The second kappa shape index (κ2) is 34.0. The molecule has 0 radical (unpaired) electrons. The van der Waals surface area contributed by atoms with Gasteiger partial charge in [0.05, 0.1) is 42.3 Å². The number of carbonyl (C=O) groups excluding carboxylic acids is 3. The second-order valence-corrected chi connectivity index (χ2v) is 18.6. The SMILES string of the molecule is CC(C)(C)OC(=O)NCc1ccc(B2OC(C)(C)C(C)(C)O2)cc1.COC(=O)C(C)(C)c1cccc(Br)c1.ClCc1cccc2c1CCOC2.FC(F)(F)c1ccc(CBr)o1.O=CO[O-].[Cs+].[Cs+].[H-].[H-].[Na+]. The van der Waals surface area contributed by atoms with Crippen LogP contribution in [0.15, 0.2) is 87.8 Å². The van der Waals surface area contributed by atoms with Crippen molar-refractivity contribution in [3.05, 3.63) is 123 Å². The molecule has 2 aliphatic rings. The zero-order valence-corrected chi connectivity index (χ0v) is 59.6. The summed E-state index contributed by atoms with van der Waals surface area (Å²) in [4.78, 5) is 34.4. The Morgan fingerprint density at radius 2 is 1.51 bits per heavy atom. The minimum atomic E-state index is -4.37. The Bertz CT molecular complexity index is 2110. The summed E-state index contributed by atoms with van der Waals surface area (Å²) in [5.41, 5.74) is 5.07. The van der Waals surface area contributed by atoms with Crippen LogP contribution in [0.1, 0.15) is 105 Å². The van der Waals surface area contributed by atoms with Gasteiger partial charge in [-0.2, -0.15) is 13.2 Å².